The molecule has 0 aliphatic heterocycles. The van der Waals surface area contributed by atoms with Crippen LogP contribution in [0.4, 0.5) is 0 Å². The Balaban J connectivity index is 2.94. The van der Waals surface area contributed by atoms with Gasteiger partial charge in [0.15, 0.2) is 0 Å². The molecule has 108 valence electrons. The quantitative estimate of drug-likeness (QED) is 0.705. The number of ether oxygens (including phenoxy) is 1. The number of benzene rings is 1. The lowest BCUT2D eigenvalue weighted by Crippen LogP contribution is -2.26. The van der Waals surface area contributed by atoms with Crippen molar-refractivity contribution in [3.8, 4) is 5.75 Å². The van der Waals surface area contributed by atoms with E-state index in [1.165, 1.54) is 6.07 Å². The van der Waals surface area contributed by atoms with Gasteiger partial charge in [-0.1, -0.05) is 0 Å². The Bertz CT molecular complexity index is 504. The zero-order valence-corrected chi connectivity index (χ0v) is 12.8. The molecule has 1 rings (SSSR count). The fourth-order valence-electron chi connectivity index (χ4n) is 1.54. The lowest BCUT2D eigenvalue weighted by atomic mass is 10.2. The van der Waals surface area contributed by atoms with E-state index < -0.39 is 10.0 Å². The molecule has 0 heterocycles. The van der Waals surface area contributed by atoms with Crippen LogP contribution in [0.15, 0.2) is 23.1 Å². The van der Waals surface area contributed by atoms with Gasteiger partial charge in [-0.05, 0) is 31.4 Å². The van der Waals surface area contributed by atoms with Gasteiger partial charge >= 0.3 is 0 Å². The highest BCUT2D eigenvalue weighted by Gasteiger charge is 2.15. The minimum atomic E-state index is -3.47. The molecule has 0 aliphatic carbocycles. The van der Waals surface area contributed by atoms with Crippen LogP contribution in [0.3, 0.4) is 0 Å². The van der Waals surface area contributed by atoms with E-state index in [0.29, 0.717) is 24.5 Å². The summed E-state index contributed by atoms with van der Waals surface area (Å²) in [5.41, 5.74) is 6.31. The van der Waals surface area contributed by atoms with Crippen LogP contribution in [0, 0.1) is 0 Å². The van der Waals surface area contributed by atoms with E-state index in [1.807, 2.05) is 13.2 Å². The second-order valence-electron chi connectivity index (χ2n) is 3.80. The summed E-state index contributed by atoms with van der Waals surface area (Å²) in [4.78, 5) is 0.220. The van der Waals surface area contributed by atoms with Crippen molar-refractivity contribution in [1.29, 1.82) is 0 Å². The van der Waals surface area contributed by atoms with Crippen LogP contribution in [0.25, 0.3) is 0 Å². The summed E-state index contributed by atoms with van der Waals surface area (Å²) in [5, 5.41) is 0. The van der Waals surface area contributed by atoms with Gasteiger partial charge in [-0.15, -0.1) is 0 Å². The van der Waals surface area contributed by atoms with E-state index >= 15 is 0 Å². The van der Waals surface area contributed by atoms with Gasteiger partial charge in [-0.3, -0.25) is 0 Å². The fourth-order valence-corrected chi connectivity index (χ4v) is 3.06. The normalized spacial score (nSPS) is 11.5. The van der Waals surface area contributed by atoms with Crippen LogP contribution >= 0.6 is 11.8 Å². The fraction of sp³-hybridized carbons (Fsp3) is 0.500. The van der Waals surface area contributed by atoms with Crippen molar-refractivity contribution >= 4 is 21.8 Å². The van der Waals surface area contributed by atoms with Gasteiger partial charge in [-0.25, -0.2) is 13.1 Å². The molecule has 7 heteroatoms. The largest absolute Gasteiger partial charge is 0.494 e. The van der Waals surface area contributed by atoms with Crippen molar-refractivity contribution in [3.05, 3.63) is 23.8 Å². The molecule has 0 bridgehead atoms. The Kier molecular flexibility index (Phi) is 6.64. The predicted molar refractivity (Wildman–Crippen MR) is 79.1 cm³/mol. The van der Waals surface area contributed by atoms with Crippen molar-refractivity contribution in [2.75, 3.05) is 25.2 Å². The van der Waals surface area contributed by atoms with E-state index in [-0.39, 0.29) is 11.4 Å². The maximum absolute atomic E-state index is 12.0. The molecule has 1 aromatic carbocycles. The Morgan fingerprint density at radius 3 is 2.74 bits per heavy atom. The Morgan fingerprint density at radius 2 is 2.16 bits per heavy atom. The smallest absolute Gasteiger partial charge is 0.240 e. The third-order valence-electron chi connectivity index (χ3n) is 2.46. The molecule has 0 atom stereocenters. The van der Waals surface area contributed by atoms with Crippen molar-refractivity contribution in [1.82, 2.24) is 4.72 Å². The minimum Gasteiger partial charge on any atom is -0.494 e. The highest BCUT2D eigenvalue weighted by molar-refractivity contribution is 7.98. The van der Waals surface area contributed by atoms with Crippen LogP contribution < -0.4 is 15.2 Å². The first-order valence-electron chi connectivity index (χ1n) is 5.99. The number of nitrogens with one attached hydrogen (secondary N) is 1. The van der Waals surface area contributed by atoms with Gasteiger partial charge in [0.05, 0.1) is 11.5 Å². The molecule has 0 aromatic heterocycles. The molecule has 0 saturated carbocycles. The van der Waals surface area contributed by atoms with E-state index in [9.17, 15) is 8.42 Å². The highest BCUT2D eigenvalue weighted by Crippen LogP contribution is 2.22. The molecular formula is C12H20N2O3S2. The first kappa shape index (κ1) is 16.3. The van der Waals surface area contributed by atoms with Crippen molar-refractivity contribution < 1.29 is 13.2 Å². The molecule has 0 fully saturated rings. The van der Waals surface area contributed by atoms with Crippen LogP contribution in [0.1, 0.15) is 12.5 Å². The third kappa shape index (κ3) is 4.68. The number of hydrogen-bond donors (Lipinski definition) is 2. The number of rotatable bonds is 8. The van der Waals surface area contributed by atoms with Crippen molar-refractivity contribution in [3.63, 3.8) is 0 Å². The molecular weight excluding hydrogens is 284 g/mol. The van der Waals surface area contributed by atoms with Crippen molar-refractivity contribution in [2.24, 2.45) is 5.73 Å². The number of thioether (sulfide) groups is 1. The summed E-state index contributed by atoms with van der Waals surface area (Å²) < 4.78 is 32.0. The molecule has 0 unspecified atom stereocenters. The number of hydrogen-bond acceptors (Lipinski definition) is 5. The van der Waals surface area contributed by atoms with Crippen LogP contribution in [0.5, 0.6) is 5.75 Å². The molecule has 5 nitrogen and oxygen atoms in total. The maximum atomic E-state index is 12.0. The van der Waals surface area contributed by atoms with E-state index in [1.54, 1.807) is 23.9 Å². The Labute approximate surface area is 119 Å². The van der Waals surface area contributed by atoms with E-state index in [0.717, 1.165) is 5.75 Å². The molecule has 1 aromatic rings. The van der Waals surface area contributed by atoms with Gasteiger partial charge in [0.25, 0.3) is 0 Å². The maximum Gasteiger partial charge on any atom is 0.240 e. The van der Waals surface area contributed by atoms with Gasteiger partial charge in [-0.2, -0.15) is 11.8 Å². The third-order valence-corrected chi connectivity index (χ3v) is 4.53. The second kappa shape index (κ2) is 7.74. The van der Waals surface area contributed by atoms with E-state index in [2.05, 4.69) is 4.72 Å². The molecule has 0 aliphatic rings. The molecule has 0 saturated heterocycles. The summed E-state index contributed by atoms with van der Waals surface area (Å²) >= 11 is 1.59. The summed E-state index contributed by atoms with van der Waals surface area (Å²) in [6, 6.07) is 4.74. The van der Waals surface area contributed by atoms with Crippen LogP contribution in [0.2, 0.25) is 0 Å². The Morgan fingerprint density at radius 1 is 1.42 bits per heavy atom. The number of nitrogens with two attached hydrogens (primary N) is 1. The molecule has 0 radical (unpaired) electrons. The summed E-state index contributed by atoms with van der Waals surface area (Å²) in [7, 11) is -3.47. The number of sulfonamides is 1. The first-order chi connectivity index (χ1) is 9.05. The molecule has 0 spiro atoms. The standard InChI is InChI=1S/C12H20N2O3S2/c1-3-17-12-5-4-11(8-10(12)9-13)19(15,16)14-6-7-18-2/h4-5,8,14H,3,6-7,9,13H2,1-2H3. The van der Waals surface area contributed by atoms with Crippen LogP contribution in [-0.2, 0) is 16.6 Å². The minimum absolute atomic E-state index is 0.220. The zero-order chi connectivity index (χ0) is 14.3. The van der Waals surface area contributed by atoms with Gasteiger partial charge in [0, 0.05) is 24.4 Å². The summed E-state index contributed by atoms with van der Waals surface area (Å²) in [6.45, 7) is 3.04. The predicted octanol–water partition coefficient (Wildman–Crippen LogP) is 1.19. The SMILES string of the molecule is CCOc1ccc(S(=O)(=O)NCCSC)cc1CN. The van der Waals surface area contributed by atoms with Crippen LogP contribution in [-0.4, -0.2) is 33.6 Å². The average Bonchev–Trinajstić information content (AvgIpc) is 2.39. The Hall–Kier alpha value is -0.760. The van der Waals surface area contributed by atoms with Crippen molar-refractivity contribution in [2.45, 2.75) is 18.4 Å². The van der Waals surface area contributed by atoms with Gasteiger partial charge < -0.3 is 10.5 Å². The zero-order valence-electron chi connectivity index (χ0n) is 11.2. The highest BCUT2D eigenvalue weighted by atomic mass is 32.2. The first-order valence-corrected chi connectivity index (χ1v) is 8.87. The monoisotopic (exact) mass is 304 g/mol. The summed E-state index contributed by atoms with van der Waals surface area (Å²) in [6.07, 6.45) is 1.93. The lowest BCUT2D eigenvalue weighted by Gasteiger charge is -2.11. The molecule has 0 amide bonds. The van der Waals surface area contributed by atoms with Gasteiger partial charge in [0.2, 0.25) is 10.0 Å². The lowest BCUT2D eigenvalue weighted by molar-refractivity contribution is 0.336. The summed E-state index contributed by atoms with van der Waals surface area (Å²) in [5.74, 6) is 1.37. The molecule has 19 heavy (non-hydrogen) atoms. The second-order valence-corrected chi connectivity index (χ2v) is 6.55. The molecule has 3 N–H and O–H groups in total. The van der Waals surface area contributed by atoms with Gasteiger partial charge in [0.1, 0.15) is 5.75 Å². The topological polar surface area (TPSA) is 81.4 Å². The van der Waals surface area contributed by atoms with E-state index in [4.69, 9.17) is 10.5 Å². The average molecular weight is 304 g/mol.